The second-order valence-electron chi connectivity index (χ2n) is 2.06. The van der Waals surface area contributed by atoms with Gasteiger partial charge < -0.3 is 10.3 Å². The topological polar surface area (TPSA) is 27.3 Å². The van der Waals surface area contributed by atoms with Crippen molar-refractivity contribution in [3.8, 4) is 0 Å². The molecule has 3 heteroatoms. The van der Waals surface area contributed by atoms with Crippen molar-refractivity contribution in [2.45, 2.75) is 0 Å². The molecular formula is C6H15N3. The average molecular weight is 129 g/mol. The second-order valence-corrected chi connectivity index (χ2v) is 2.06. The van der Waals surface area contributed by atoms with Crippen molar-refractivity contribution in [3.05, 3.63) is 12.3 Å². The molecular weight excluding hydrogens is 114 g/mol. The summed E-state index contributed by atoms with van der Waals surface area (Å²) >= 11 is 0. The number of nitrogens with zero attached hydrogens (tertiary/aromatic N) is 1. The van der Waals surface area contributed by atoms with Gasteiger partial charge in [-0.3, -0.25) is 0 Å². The Labute approximate surface area is 56.7 Å². The van der Waals surface area contributed by atoms with E-state index < -0.39 is 0 Å². The van der Waals surface area contributed by atoms with E-state index in [4.69, 9.17) is 0 Å². The van der Waals surface area contributed by atoms with Gasteiger partial charge >= 0.3 is 0 Å². The molecule has 0 heterocycles. The maximum atomic E-state index is 2.85. The predicted octanol–water partition coefficient (Wildman–Crippen LogP) is -0.214. The Morgan fingerprint density at radius 1 is 1.44 bits per heavy atom. The molecule has 9 heavy (non-hydrogen) atoms. The fourth-order valence-corrected chi connectivity index (χ4v) is 0.406. The fraction of sp³-hybridized carbons (Fsp3) is 0.667. The van der Waals surface area contributed by atoms with Gasteiger partial charge in [0, 0.05) is 19.8 Å². The summed E-state index contributed by atoms with van der Waals surface area (Å²) in [6.07, 6.45) is 3.91. The Bertz CT molecular complexity index is 78.4. The largest absolute Gasteiger partial charge is 0.329 e. The molecule has 0 aromatic heterocycles. The molecule has 0 fully saturated rings. The van der Waals surface area contributed by atoms with E-state index >= 15 is 0 Å². The van der Waals surface area contributed by atoms with Gasteiger partial charge in [-0.1, -0.05) is 6.08 Å². The number of likely N-dealkylation sites (N-methyl/N-ethyl adjacent to an activating group) is 1. The molecule has 0 atom stereocenters. The van der Waals surface area contributed by atoms with Crippen molar-refractivity contribution in [1.82, 2.24) is 15.8 Å². The molecule has 0 unspecified atom stereocenters. The van der Waals surface area contributed by atoms with Crippen molar-refractivity contribution in [1.29, 1.82) is 0 Å². The molecule has 0 saturated heterocycles. The zero-order valence-corrected chi connectivity index (χ0v) is 6.31. The van der Waals surface area contributed by atoms with Crippen molar-refractivity contribution >= 4 is 0 Å². The highest BCUT2D eigenvalue weighted by Crippen LogP contribution is 1.72. The molecule has 0 aliphatic heterocycles. The number of nitrogens with one attached hydrogen (secondary N) is 2. The van der Waals surface area contributed by atoms with Crippen LogP contribution in [-0.4, -0.2) is 32.6 Å². The lowest BCUT2D eigenvalue weighted by Gasteiger charge is -2.03. The zero-order chi connectivity index (χ0) is 7.11. The Morgan fingerprint density at radius 3 is 2.56 bits per heavy atom. The van der Waals surface area contributed by atoms with E-state index in [1.807, 2.05) is 33.4 Å². The predicted molar refractivity (Wildman–Crippen MR) is 39.9 cm³/mol. The van der Waals surface area contributed by atoms with E-state index in [9.17, 15) is 0 Å². The van der Waals surface area contributed by atoms with Crippen molar-refractivity contribution in [2.75, 3.05) is 27.7 Å². The Hall–Kier alpha value is -0.540. The smallest absolute Gasteiger partial charge is 0.0174 e. The third-order valence-corrected chi connectivity index (χ3v) is 0.816. The SMILES string of the molecule is CNN/C=C/CN(C)C. The molecule has 0 aromatic carbocycles. The normalized spacial score (nSPS) is 11.1. The highest BCUT2D eigenvalue weighted by Gasteiger charge is 1.78. The highest BCUT2D eigenvalue weighted by molar-refractivity contribution is 4.79. The van der Waals surface area contributed by atoms with Gasteiger partial charge in [-0.2, -0.15) is 0 Å². The molecule has 0 amide bonds. The number of rotatable bonds is 4. The van der Waals surface area contributed by atoms with Gasteiger partial charge in [0.05, 0.1) is 0 Å². The van der Waals surface area contributed by atoms with Crippen LogP contribution in [0.5, 0.6) is 0 Å². The summed E-state index contributed by atoms with van der Waals surface area (Å²) in [6, 6.07) is 0. The van der Waals surface area contributed by atoms with E-state index in [0.717, 1.165) is 6.54 Å². The summed E-state index contributed by atoms with van der Waals surface area (Å²) in [6.45, 7) is 0.967. The molecule has 54 valence electrons. The maximum absolute atomic E-state index is 2.85. The maximum Gasteiger partial charge on any atom is 0.0174 e. The highest BCUT2D eigenvalue weighted by atomic mass is 15.3. The van der Waals surface area contributed by atoms with E-state index in [1.54, 1.807) is 0 Å². The standard InChI is InChI=1S/C6H15N3/c1-7-8-5-4-6-9(2)3/h4-5,7-8H,6H2,1-3H3/b5-4+. The summed E-state index contributed by atoms with van der Waals surface area (Å²) in [4.78, 5) is 2.09. The molecule has 0 saturated carbocycles. The van der Waals surface area contributed by atoms with Crippen LogP contribution in [0.1, 0.15) is 0 Å². The first kappa shape index (κ1) is 8.46. The van der Waals surface area contributed by atoms with Crippen LogP contribution in [0.4, 0.5) is 0 Å². The fourth-order valence-electron chi connectivity index (χ4n) is 0.406. The zero-order valence-electron chi connectivity index (χ0n) is 6.31. The van der Waals surface area contributed by atoms with Gasteiger partial charge in [0.15, 0.2) is 0 Å². The molecule has 0 bridgehead atoms. The first-order valence-electron chi connectivity index (χ1n) is 2.99. The average Bonchev–Trinajstić information content (AvgIpc) is 1.80. The molecule has 0 aliphatic rings. The quantitative estimate of drug-likeness (QED) is 0.514. The number of hydrazine groups is 1. The van der Waals surface area contributed by atoms with Gasteiger partial charge in [-0.25, -0.2) is 5.43 Å². The minimum atomic E-state index is 0.967. The Morgan fingerprint density at radius 2 is 2.11 bits per heavy atom. The van der Waals surface area contributed by atoms with Crippen LogP contribution in [0, 0.1) is 0 Å². The minimum absolute atomic E-state index is 0.967. The summed E-state index contributed by atoms with van der Waals surface area (Å²) in [7, 11) is 5.90. The molecule has 2 N–H and O–H groups in total. The molecule has 0 aromatic rings. The van der Waals surface area contributed by atoms with Crippen molar-refractivity contribution in [3.63, 3.8) is 0 Å². The second kappa shape index (κ2) is 5.59. The molecule has 0 rings (SSSR count). The molecule has 0 aliphatic carbocycles. The van der Waals surface area contributed by atoms with Gasteiger partial charge in [-0.05, 0) is 14.1 Å². The Balaban J connectivity index is 3.04. The number of hydrogen-bond donors (Lipinski definition) is 2. The summed E-state index contributed by atoms with van der Waals surface area (Å²) in [5.74, 6) is 0. The molecule has 0 spiro atoms. The first-order valence-corrected chi connectivity index (χ1v) is 2.99. The third kappa shape index (κ3) is 7.46. The number of hydrogen-bond acceptors (Lipinski definition) is 3. The van der Waals surface area contributed by atoms with Crippen LogP contribution < -0.4 is 10.9 Å². The van der Waals surface area contributed by atoms with Crippen LogP contribution in [0.3, 0.4) is 0 Å². The van der Waals surface area contributed by atoms with Crippen LogP contribution >= 0.6 is 0 Å². The lowest BCUT2D eigenvalue weighted by Crippen LogP contribution is -2.21. The van der Waals surface area contributed by atoms with Crippen molar-refractivity contribution < 1.29 is 0 Å². The van der Waals surface area contributed by atoms with Crippen LogP contribution in [0.15, 0.2) is 12.3 Å². The third-order valence-electron chi connectivity index (χ3n) is 0.816. The summed E-state index contributed by atoms with van der Waals surface area (Å²) in [5.41, 5.74) is 5.63. The first-order chi connectivity index (χ1) is 4.27. The molecule has 3 nitrogen and oxygen atoms in total. The van der Waals surface area contributed by atoms with Crippen LogP contribution in [0.2, 0.25) is 0 Å². The van der Waals surface area contributed by atoms with E-state index in [1.165, 1.54) is 0 Å². The van der Waals surface area contributed by atoms with Gasteiger partial charge in [0.25, 0.3) is 0 Å². The van der Waals surface area contributed by atoms with Crippen LogP contribution in [-0.2, 0) is 0 Å². The lowest BCUT2D eigenvalue weighted by atomic mass is 10.6. The summed E-state index contributed by atoms with van der Waals surface area (Å²) in [5, 5.41) is 0. The van der Waals surface area contributed by atoms with E-state index in [-0.39, 0.29) is 0 Å². The Kier molecular flexibility index (Phi) is 5.26. The van der Waals surface area contributed by atoms with Gasteiger partial charge in [0.1, 0.15) is 0 Å². The van der Waals surface area contributed by atoms with E-state index in [0.29, 0.717) is 0 Å². The van der Waals surface area contributed by atoms with Crippen LogP contribution in [0.25, 0.3) is 0 Å². The van der Waals surface area contributed by atoms with Gasteiger partial charge in [-0.15, -0.1) is 0 Å². The lowest BCUT2D eigenvalue weighted by molar-refractivity contribution is 0.455. The minimum Gasteiger partial charge on any atom is -0.329 e. The molecule has 0 radical (unpaired) electrons. The van der Waals surface area contributed by atoms with Gasteiger partial charge in [0.2, 0.25) is 0 Å². The van der Waals surface area contributed by atoms with Crippen molar-refractivity contribution in [2.24, 2.45) is 0 Å². The van der Waals surface area contributed by atoms with E-state index in [2.05, 4.69) is 15.8 Å². The summed E-state index contributed by atoms with van der Waals surface area (Å²) < 4.78 is 0. The monoisotopic (exact) mass is 129 g/mol.